The number of benzene rings is 1. The Morgan fingerprint density at radius 3 is 2.89 bits per heavy atom. The summed E-state index contributed by atoms with van der Waals surface area (Å²) in [5.74, 6) is -0.471. The maximum Gasteiger partial charge on any atom is 0.321 e. The number of carbonyl (C=O) groups excluding carboxylic acids is 1. The number of hydrogen-bond acceptors (Lipinski definition) is 2. The van der Waals surface area contributed by atoms with E-state index in [-0.39, 0.29) is 10.7 Å². The van der Waals surface area contributed by atoms with E-state index in [0.717, 1.165) is 6.07 Å². The summed E-state index contributed by atoms with van der Waals surface area (Å²) in [6.07, 6.45) is -0.00105. The zero-order valence-corrected chi connectivity index (χ0v) is 11.0. The fourth-order valence-electron chi connectivity index (χ4n) is 1.29. The van der Waals surface area contributed by atoms with Crippen LogP contribution in [0.25, 0.3) is 0 Å². The van der Waals surface area contributed by atoms with Crippen LogP contribution in [-0.2, 0) is 0 Å². The average Bonchev–Trinajstić information content (AvgIpc) is 2.30. The predicted molar refractivity (Wildman–Crippen MR) is 69.4 cm³/mol. The first-order valence-corrected chi connectivity index (χ1v) is 5.93. The first kappa shape index (κ1) is 14.7. The number of amides is 2. The highest BCUT2D eigenvalue weighted by molar-refractivity contribution is 6.33. The number of aliphatic hydroxyl groups excluding tert-OH is 1. The minimum atomic E-state index is -0.474. The summed E-state index contributed by atoms with van der Waals surface area (Å²) >= 11 is 5.83. The largest absolute Gasteiger partial charge is 0.393 e. The molecule has 4 nitrogen and oxygen atoms in total. The Labute approximate surface area is 110 Å². The maximum absolute atomic E-state index is 13.0. The second-order valence-electron chi connectivity index (χ2n) is 4.11. The van der Waals surface area contributed by atoms with Gasteiger partial charge in [-0.15, -0.1) is 0 Å². The van der Waals surface area contributed by atoms with Crippen molar-refractivity contribution in [2.24, 2.45) is 0 Å². The fraction of sp³-hybridized carbons (Fsp3) is 0.417. The third kappa shape index (κ3) is 4.50. The number of carbonyl (C=O) groups is 1. The van der Waals surface area contributed by atoms with Crippen LogP contribution in [0.5, 0.6) is 0 Å². The van der Waals surface area contributed by atoms with Gasteiger partial charge in [0.05, 0.1) is 16.8 Å². The van der Waals surface area contributed by atoms with Crippen LogP contribution < -0.4 is 5.32 Å². The van der Waals surface area contributed by atoms with Crippen molar-refractivity contribution in [3.8, 4) is 0 Å². The number of nitrogens with zero attached hydrogens (tertiary/aromatic N) is 1. The van der Waals surface area contributed by atoms with Gasteiger partial charge in [-0.3, -0.25) is 0 Å². The van der Waals surface area contributed by atoms with Crippen molar-refractivity contribution in [2.75, 3.05) is 18.9 Å². The molecule has 1 unspecified atom stereocenters. The number of urea groups is 1. The molecule has 0 aromatic heterocycles. The molecule has 0 saturated heterocycles. The highest BCUT2D eigenvalue weighted by Gasteiger charge is 2.11. The Bertz CT molecular complexity index is 427. The summed E-state index contributed by atoms with van der Waals surface area (Å²) in [5.41, 5.74) is 0.227. The second-order valence-corrected chi connectivity index (χ2v) is 4.52. The monoisotopic (exact) mass is 274 g/mol. The Morgan fingerprint density at radius 2 is 2.28 bits per heavy atom. The van der Waals surface area contributed by atoms with E-state index in [1.165, 1.54) is 17.0 Å². The molecule has 0 spiro atoms. The standard InChI is InChI=1S/C12H16ClFN2O2/c1-8(17)5-6-16(2)12(18)15-11-7-9(14)3-4-10(11)13/h3-4,7-8,17H,5-6H2,1-2H3,(H,15,18). The van der Waals surface area contributed by atoms with Gasteiger partial charge in [-0.1, -0.05) is 11.6 Å². The second kappa shape index (κ2) is 6.56. The van der Waals surface area contributed by atoms with Crippen molar-refractivity contribution in [1.29, 1.82) is 0 Å². The predicted octanol–water partition coefficient (Wildman–Crippen LogP) is 2.71. The number of hydrogen-bond donors (Lipinski definition) is 2. The highest BCUT2D eigenvalue weighted by atomic mass is 35.5. The molecule has 100 valence electrons. The van der Waals surface area contributed by atoms with Crippen LogP contribution in [0.2, 0.25) is 5.02 Å². The lowest BCUT2D eigenvalue weighted by molar-refractivity contribution is 0.167. The average molecular weight is 275 g/mol. The summed E-state index contributed by atoms with van der Waals surface area (Å²) in [4.78, 5) is 13.1. The van der Waals surface area contributed by atoms with E-state index in [0.29, 0.717) is 13.0 Å². The van der Waals surface area contributed by atoms with Crippen LogP contribution in [0.3, 0.4) is 0 Å². The molecule has 1 aromatic rings. The van der Waals surface area contributed by atoms with Gasteiger partial charge in [0.25, 0.3) is 0 Å². The number of nitrogens with one attached hydrogen (secondary N) is 1. The molecular weight excluding hydrogens is 259 g/mol. The minimum Gasteiger partial charge on any atom is -0.393 e. The van der Waals surface area contributed by atoms with E-state index in [4.69, 9.17) is 16.7 Å². The van der Waals surface area contributed by atoms with Gasteiger partial charge in [0.1, 0.15) is 5.82 Å². The zero-order valence-electron chi connectivity index (χ0n) is 10.3. The summed E-state index contributed by atoms with van der Waals surface area (Å²) in [6.45, 7) is 2.05. The lowest BCUT2D eigenvalue weighted by Gasteiger charge is -2.19. The van der Waals surface area contributed by atoms with Crippen molar-refractivity contribution in [1.82, 2.24) is 4.90 Å². The van der Waals surface area contributed by atoms with Crippen LogP contribution in [0.15, 0.2) is 18.2 Å². The summed E-state index contributed by atoms with van der Waals surface area (Å²) in [6, 6.07) is 3.35. The van der Waals surface area contributed by atoms with E-state index in [9.17, 15) is 9.18 Å². The highest BCUT2D eigenvalue weighted by Crippen LogP contribution is 2.22. The molecule has 0 heterocycles. The van der Waals surface area contributed by atoms with E-state index in [1.807, 2.05) is 0 Å². The quantitative estimate of drug-likeness (QED) is 0.887. The van der Waals surface area contributed by atoms with Crippen molar-refractivity contribution in [2.45, 2.75) is 19.4 Å². The van der Waals surface area contributed by atoms with Gasteiger partial charge in [-0.2, -0.15) is 0 Å². The Balaban J connectivity index is 2.61. The Kier molecular flexibility index (Phi) is 5.37. The first-order valence-electron chi connectivity index (χ1n) is 5.55. The third-order valence-electron chi connectivity index (χ3n) is 2.40. The first-order chi connectivity index (χ1) is 8.40. The van der Waals surface area contributed by atoms with Crippen LogP contribution in [0.1, 0.15) is 13.3 Å². The number of aliphatic hydroxyl groups is 1. The molecule has 6 heteroatoms. The number of halogens is 2. The Morgan fingerprint density at radius 1 is 1.61 bits per heavy atom. The van der Waals surface area contributed by atoms with E-state index in [1.54, 1.807) is 14.0 Å². The Hall–Kier alpha value is -1.33. The fourth-order valence-corrected chi connectivity index (χ4v) is 1.45. The molecule has 1 rings (SSSR count). The normalized spacial score (nSPS) is 12.1. The molecule has 0 saturated carbocycles. The van der Waals surface area contributed by atoms with Gasteiger partial charge in [0.2, 0.25) is 0 Å². The van der Waals surface area contributed by atoms with Crippen molar-refractivity contribution < 1.29 is 14.3 Å². The van der Waals surface area contributed by atoms with Crippen molar-refractivity contribution >= 4 is 23.3 Å². The molecule has 2 amide bonds. The number of rotatable bonds is 4. The zero-order chi connectivity index (χ0) is 13.7. The molecular formula is C12H16ClFN2O2. The van der Waals surface area contributed by atoms with Gasteiger partial charge >= 0.3 is 6.03 Å². The lowest BCUT2D eigenvalue weighted by atomic mass is 10.3. The molecule has 2 N–H and O–H groups in total. The van der Waals surface area contributed by atoms with Gasteiger partial charge in [-0.05, 0) is 31.5 Å². The molecule has 1 atom stereocenters. The lowest BCUT2D eigenvalue weighted by Crippen LogP contribution is -2.33. The van der Waals surface area contributed by atoms with Gasteiger partial charge in [-0.25, -0.2) is 9.18 Å². The SMILES string of the molecule is CC(O)CCN(C)C(=O)Nc1cc(F)ccc1Cl. The molecule has 0 fully saturated rings. The van der Waals surface area contributed by atoms with Crippen molar-refractivity contribution in [3.63, 3.8) is 0 Å². The van der Waals surface area contributed by atoms with E-state index >= 15 is 0 Å². The summed E-state index contributed by atoms with van der Waals surface area (Å²) < 4.78 is 13.0. The molecule has 1 aromatic carbocycles. The van der Waals surface area contributed by atoms with Crippen LogP contribution in [-0.4, -0.2) is 35.7 Å². The van der Waals surface area contributed by atoms with Crippen LogP contribution in [0.4, 0.5) is 14.9 Å². The molecule has 0 aliphatic heterocycles. The van der Waals surface area contributed by atoms with E-state index < -0.39 is 18.0 Å². The maximum atomic E-state index is 13.0. The molecule has 0 radical (unpaired) electrons. The van der Waals surface area contributed by atoms with Gasteiger partial charge in [0, 0.05) is 13.6 Å². The van der Waals surface area contributed by atoms with Gasteiger partial charge < -0.3 is 15.3 Å². The minimum absolute atomic E-state index is 0.227. The number of anilines is 1. The summed E-state index contributed by atoms with van der Waals surface area (Å²) in [7, 11) is 1.59. The van der Waals surface area contributed by atoms with Crippen LogP contribution >= 0.6 is 11.6 Å². The molecule has 18 heavy (non-hydrogen) atoms. The van der Waals surface area contributed by atoms with Gasteiger partial charge in [0.15, 0.2) is 0 Å². The molecule has 0 aliphatic rings. The third-order valence-corrected chi connectivity index (χ3v) is 2.73. The molecule has 0 bridgehead atoms. The van der Waals surface area contributed by atoms with Crippen molar-refractivity contribution in [3.05, 3.63) is 29.0 Å². The summed E-state index contributed by atoms with van der Waals surface area (Å²) in [5, 5.41) is 11.9. The molecule has 0 aliphatic carbocycles. The van der Waals surface area contributed by atoms with Crippen LogP contribution in [0, 0.1) is 5.82 Å². The van der Waals surface area contributed by atoms with E-state index in [2.05, 4.69) is 5.32 Å². The topological polar surface area (TPSA) is 52.6 Å². The smallest absolute Gasteiger partial charge is 0.321 e.